The lowest BCUT2D eigenvalue weighted by Gasteiger charge is -2.16. The first-order chi connectivity index (χ1) is 12.1. The molecule has 3 nitrogen and oxygen atoms in total. The summed E-state index contributed by atoms with van der Waals surface area (Å²) in [5.74, 6) is -0.204. The number of epoxide rings is 1. The van der Waals surface area contributed by atoms with E-state index < -0.39 is 5.60 Å². The van der Waals surface area contributed by atoms with Crippen molar-refractivity contribution in [2.24, 2.45) is 0 Å². The first-order valence-electron chi connectivity index (χ1n) is 10.1. The molecular formula is C20H36Br2O3. The monoisotopic (exact) mass is 482 g/mol. The van der Waals surface area contributed by atoms with E-state index in [1.807, 2.05) is 0 Å². The van der Waals surface area contributed by atoms with Gasteiger partial charge in [0.05, 0.1) is 13.7 Å². The fraction of sp³-hybridized carbons (Fsp3) is 0.950. The van der Waals surface area contributed by atoms with E-state index in [2.05, 4.69) is 38.8 Å². The van der Waals surface area contributed by atoms with Crippen LogP contribution in [0.1, 0.15) is 90.4 Å². The Hall–Kier alpha value is 0.390. The van der Waals surface area contributed by atoms with E-state index in [1.165, 1.54) is 71.3 Å². The largest absolute Gasteiger partial charge is 0.467 e. The third-order valence-electron chi connectivity index (χ3n) is 5.09. The van der Waals surface area contributed by atoms with Crippen LogP contribution in [0, 0.1) is 0 Å². The van der Waals surface area contributed by atoms with E-state index in [1.54, 1.807) is 0 Å². The average Bonchev–Trinajstić information content (AvgIpc) is 3.40. The Morgan fingerprint density at radius 3 is 1.92 bits per heavy atom. The molecule has 0 aromatic carbocycles. The molecule has 5 heteroatoms. The summed E-state index contributed by atoms with van der Waals surface area (Å²) >= 11 is 7.70. The third kappa shape index (κ3) is 9.76. The molecule has 25 heavy (non-hydrogen) atoms. The van der Waals surface area contributed by atoms with Crippen molar-refractivity contribution in [1.82, 2.24) is 0 Å². The van der Waals surface area contributed by atoms with Crippen molar-refractivity contribution in [1.29, 1.82) is 0 Å². The predicted octanol–water partition coefficient (Wildman–Crippen LogP) is 6.55. The molecule has 0 bridgehead atoms. The van der Waals surface area contributed by atoms with Gasteiger partial charge in [-0.1, -0.05) is 96.6 Å². The molecule has 1 aliphatic heterocycles. The maximum Gasteiger partial charge on any atom is 0.340 e. The van der Waals surface area contributed by atoms with E-state index in [0.29, 0.717) is 16.3 Å². The lowest BCUT2D eigenvalue weighted by Crippen LogP contribution is -2.25. The van der Waals surface area contributed by atoms with Gasteiger partial charge < -0.3 is 9.47 Å². The Kier molecular flexibility index (Phi) is 12.7. The zero-order valence-electron chi connectivity index (χ0n) is 16.0. The van der Waals surface area contributed by atoms with E-state index in [0.717, 1.165) is 19.3 Å². The first-order valence-corrected chi connectivity index (χ1v) is 11.9. The van der Waals surface area contributed by atoms with Crippen LogP contribution in [-0.2, 0) is 14.3 Å². The van der Waals surface area contributed by atoms with Gasteiger partial charge >= 0.3 is 5.97 Å². The molecule has 1 aliphatic rings. The number of hydrogen-bond acceptors (Lipinski definition) is 3. The summed E-state index contributed by atoms with van der Waals surface area (Å²) in [6.45, 7) is 2.80. The van der Waals surface area contributed by atoms with Gasteiger partial charge in [0, 0.05) is 9.65 Å². The van der Waals surface area contributed by atoms with Gasteiger partial charge in [-0.2, -0.15) is 0 Å². The van der Waals surface area contributed by atoms with E-state index in [9.17, 15) is 4.79 Å². The van der Waals surface area contributed by atoms with Crippen LogP contribution in [0.3, 0.4) is 0 Å². The molecule has 3 unspecified atom stereocenters. The Morgan fingerprint density at radius 1 is 0.960 bits per heavy atom. The number of carbonyl (C=O) groups is 1. The number of esters is 1. The van der Waals surface area contributed by atoms with E-state index in [-0.39, 0.29) is 5.97 Å². The van der Waals surface area contributed by atoms with Gasteiger partial charge in [-0.15, -0.1) is 0 Å². The van der Waals surface area contributed by atoms with Crippen LogP contribution in [0.2, 0.25) is 0 Å². The molecule has 1 heterocycles. The van der Waals surface area contributed by atoms with Crippen LogP contribution < -0.4 is 0 Å². The van der Waals surface area contributed by atoms with Crippen molar-refractivity contribution >= 4 is 37.8 Å². The second kappa shape index (κ2) is 13.5. The molecule has 0 N–H and O–H groups in total. The SMILES string of the molecule is CCCCCCCCC(Br)C(Br)CCCCCCC1(C(=O)OC)CO1. The molecule has 0 spiro atoms. The number of alkyl halides is 2. The van der Waals surface area contributed by atoms with Gasteiger partial charge in [-0.3, -0.25) is 0 Å². The Balaban J connectivity index is 1.95. The Labute approximate surface area is 171 Å². The number of carbonyl (C=O) groups excluding carboxylic acids is 1. The highest BCUT2D eigenvalue weighted by Gasteiger charge is 2.52. The van der Waals surface area contributed by atoms with Crippen LogP contribution in [0.15, 0.2) is 0 Å². The number of halogens is 2. The maximum absolute atomic E-state index is 11.6. The molecule has 0 aromatic heterocycles. The zero-order chi connectivity index (χ0) is 18.5. The van der Waals surface area contributed by atoms with E-state index in [4.69, 9.17) is 9.47 Å². The topological polar surface area (TPSA) is 38.8 Å². The van der Waals surface area contributed by atoms with Crippen molar-refractivity contribution in [2.75, 3.05) is 13.7 Å². The van der Waals surface area contributed by atoms with Gasteiger partial charge in [0.1, 0.15) is 0 Å². The van der Waals surface area contributed by atoms with Crippen molar-refractivity contribution < 1.29 is 14.3 Å². The molecule has 148 valence electrons. The molecular weight excluding hydrogens is 448 g/mol. The number of methoxy groups -OCH3 is 1. The molecule has 3 atom stereocenters. The van der Waals surface area contributed by atoms with Gasteiger partial charge in [0.25, 0.3) is 0 Å². The van der Waals surface area contributed by atoms with Gasteiger partial charge in [-0.25, -0.2) is 4.79 Å². The number of hydrogen-bond donors (Lipinski definition) is 0. The third-order valence-corrected chi connectivity index (χ3v) is 7.99. The number of ether oxygens (including phenoxy) is 2. The summed E-state index contributed by atoms with van der Waals surface area (Å²) in [4.78, 5) is 12.7. The van der Waals surface area contributed by atoms with Gasteiger partial charge in [0.15, 0.2) is 5.60 Å². The second-order valence-electron chi connectivity index (χ2n) is 7.32. The number of unbranched alkanes of at least 4 members (excludes halogenated alkanes) is 8. The molecule has 0 aliphatic carbocycles. The smallest absolute Gasteiger partial charge is 0.340 e. The molecule has 0 aromatic rings. The molecule has 1 fully saturated rings. The van der Waals surface area contributed by atoms with Gasteiger partial charge in [-0.05, 0) is 25.7 Å². The van der Waals surface area contributed by atoms with Crippen LogP contribution >= 0.6 is 31.9 Å². The first kappa shape index (κ1) is 23.4. The Morgan fingerprint density at radius 2 is 1.44 bits per heavy atom. The minimum absolute atomic E-state index is 0.204. The summed E-state index contributed by atoms with van der Waals surface area (Å²) in [5.41, 5.74) is -0.592. The van der Waals surface area contributed by atoms with Gasteiger partial charge in [0.2, 0.25) is 0 Å². The minimum atomic E-state index is -0.592. The van der Waals surface area contributed by atoms with Crippen molar-refractivity contribution in [3.05, 3.63) is 0 Å². The highest BCUT2D eigenvalue weighted by Crippen LogP contribution is 2.34. The maximum atomic E-state index is 11.6. The molecule has 0 radical (unpaired) electrons. The fourth-order valence-electron chi connectivity index (χ4n) is 3.22. The minimum Gasteiger partial charge on any atom is -0.467 e. The van der Waals surface area contributed by atoms with Crippen LogP contribution in [-0.4, -0.2) is 34.9 Å². The molecule has 0 saturated carbocycles. The summed E-state index contributed by atoms with van der Waals surface area (Å²) in [7, 11) is 1.43. The van der Waals surface area contributed by atoms with Crippen molar-refractivity contribution in [3.8, 4) is 0 Å². The summed E-state index contributed by atoms with van der Waals surface area (Å²) in [5, 5.41) is 0. The average molecular weight is 484 g/mol. The van der Waals surface area contributed by atoms with Crippen LogP contribution in [0.25, 0.3) is 0 Å². The predicted molar refractivity (Wildman–Crippen MR) is 112 cm³/mol. The summed E-state index contributed by atoms with van der Waals surface area (Å²) < 4.78 is 10.1. The normalized spacial score (nSPS) is 21.8. The highest BCUT2D eigenvalue weighted by atomic mass is 79.9. The highest BCUT2D eigenvalue weighted by molar-refractivity contribution is 9.12. The van der Waals surface area contributed by atoms with Crippen molar-refractivity contribution in [2.45, 2.75) is 106 Å². The summed E-state index contributed by atoms with van der Waals surface area (Å²) in [6.07, 6.45) is 16.1. The van der Waals surface area contributed by atoms with Crippen LogP contribution in [0.5, 0.6) is 0 Å². The lowest BCUT2D eigenvalue weighted by atomic mass is 10.0. The van der Waals surface area contributed by atoms with E-state index >= 15 is 0 Å². The van der Waals surface area contributed by atoms with Crippen LogP contribution in [0.4, 0.5) is 0 Å². The fourth-order valence-corrected chi connectivity index (χ4v) is 4.40. The molecule has 1 saturated heterocycles. The Bertz CT molecular complexity index is 359. The summed E-state index contributed by atoms with van der Waals surface area (Å²) in [6, 6.07) is 0. The number of rotatable bonds is 16. The molecule has 0 amide bonds. The van der Waals surface area contributed by atoms with Crippen molar-refractivity contribution in [3.63, 3.8) is 0 Å². The molecule has 1 rings (SSSR count). The second-order valence-corrected chi connectivity index (χ2v) is 9.67. The lowest BCUT2D eigenvalue weighted by molar-refractivity contribution is -0.147. The zero-order valence-corrected chi connectivity index (χ0v) is 19.2. The standard InChI is InChI=1S/C20H36Br2O3/c1-3-4-5-6-7-10-13-17(21)18(22)14-11-8-9-12-15-20(16-25-20)19(23)24-2/h17-18H,3-16H2,1-2H3. The quantitative estimate of drug-likeness (QED) is 0.108.